The van der Waals surface area contributed by atoms with E-state index in [2.05, 4.69) is 5.32 Å². The quantitative estimate of drug-likeness (QED) is 0.654. The molecule has 0 unspecified atom stereocenters. The van der Waals surface area contributed by atoms with Crippen molar-refractivity contribution in [2.24, 2.45) is 0 Å². The monoisotopic (exact) mass is 396 g/mol. The van der Waals surface area contributed by atoms with E-state index in [9.17, 15) is 17.6 Å². The molecule has 2 aromatic carbocycles. The first-order valence-electron chi connectivity index (χ1n) is 8.06. The van der Waals surface area contributed by atoms with Crippen LogP contribution in [-0.2, 0) is 14.8 Å². The van der Waals surface area contributed by atoms with Crippen molar-refractivity contribution < 1.29 is 27.1 Å². The maximum Gasteiger partial charge on any atom is 0.240 e. The molecule has 0 saturated carbocycles. The topological polar surface area (TPSA) is 84.9 Å². The van der Waals surface area contributed by atoms with Crippen LogP contribution in [0.25, 0.3) is 0 Å². The van der Waals surface area contributed by atoms with Crippen LogP contribution < -0.4 is 19.1 Å². The maximum absolute atomic E-state index is 13.0. The number of benzene rings is 2. The number of amides is 1. The minimum Gasteiger partial charge on any atom is -0.497 e. The van der Waals surface area contributed by atoms with E-state index in [4.69, 9.17) is 9.47 Å². The SMILES string of the molecule is COc1cccc(OCCNC(=O)CN(c2ccc(F)cc2)S(C)(=O)=O)c1. The minimum atomic E-state index is -3.70. The summed E-state index contributed by atoms with van der Waals surface area (Å²) in [5.74, 6) is 0.248. The average molecular weight is 396 g/mol. The number of hydrogen-bond donors (Lipinski definition) is 1. The van der Waals surface area contributed by atoms with Gasteiger partial charge >= 0.3 is 0 Å². The lowest BCUT2D eigenvalue weighted by Crippen LogP contribution is -2.41. The lowest BCUT2D eigenvalue weighted by atomic mass is 10.3. The normalized spacial score (nSPS) is 10.9. The van der Waals surface area contributed by atoms with Gasteiger partial charge in [0.2, 0.25) is 15.9 Å². The highest BCUT2D eigenvalue weighted by molar-refractivity contribution is 7.92. The molecule has 0 atom stereocenters. The first-order valence-corrected chi connectivity index (χ1v) is 9.91. The smallest absolute Gasteiger partial charge is 0.240 e. The van der Waals surface area contributed by atoms with E-state index in [1.54, 1.807) is 31.4 Å². The second-order valence-electron chi connectivity index (χ2n) is 5.62. The van der Waals surface area contributed by atoms with E-state index in [-0.39, 0.29) is 18.8 Å². The summed E-state index contributed by atoms with van der Waals surface area (Å²) in [6.07, 6.45) is 0.982. The number of carbonyl (C=O) groups excluding carboxylic acids is 1. The molecule has 0 heterocycles. The van der Waals surface area contributed by atoms with E-state index in [0.29, 0.717) is 11.5 Å². The zero-order valence-electron chi connectivity index (χ0n) is 15.0. The summed E-state index contributed by atoms with van der Waals surface area (Å²) in [5.41, 5.74) is 0.210. The van der Waals surface area contributed by atoms with E-state index < -0.39 is 28.3 Å². The molecule has 1 amide bonds. The molecular weight excluding hydrogens is 375 g/mol. The van der Waals surface area contributed by atoms with Gasteiger partial charge in [-0.25, -0.2) is 12.8 Å². The van der Waals surface area contributed by atoms with Crippen molar-refractivity contribution in [2.45, 2.75) is 0 Å². The molecule has 2 rings (SSSR count). The molecular formula is C18H21FN2O5S. The fourth-order valence-electron chi connectivity index (χ4n) is 2.24. The molecule has 0 bridgehead atoms. The predicted octanol–water partition coefficient (Wildman–Crippen LogP) is 1.80. The Kier molecular flexibility index (Phi) is 7.00. The second-order valence-corrected chi connectivity index (χ2v) is 7.53. The molecule has 7 nitrogen and oxygen atoms in total. The number of carbonyl (C=O) groups is 1. The van der Waals surface area contributed by atoms with Crippen LogP contribution in [0.4, 0.5) is 10.1 Å². The van der Waals surface area contributed by atoms with Gasteiger partial charge in [-0.2, -0.15) is 0 Å². The Morgan fingerprint density at radius 3 is 2.44 bits per heavy atom. The van der Waals surface area contributed by atoms with Gasteiger partial charge in [0.25, 0.3) is 0 Å². The van der Waals surface area contributed by atoms with Crippen LogP contribution in [0.5, 0.6) is 11.5 Å². The number of sulfonamides is 1. The van der Waals surface area contributed by atoms with Gasteiger partial charge < -0.3 is 14.8 Å². The Morgan fingerprint density at radius 1 is 1.15 bits per heavy atom. The number of nitrogens with zero attached hydrogens (tertiary/aromatic N) is 1. The van der Waals surface area contributed by atoms with Crippen LogP contribution >= 0.6 is 0 Å². The molecule has 9 heteroatoms. The van der Waals surface area contributed by atoms with Crippen molar-refractivity contribution in [3.05, 3.63) is 54.3 Å². The summed E-state index contributed by atoms with van der Waals surface area (Å²) in [6.45, 7) is -0.0188. The van der Waals surface area contributed by atoms with Crippen molar-refractivity contribution in [3.63, 3.8) is 0 Å². The van der Waals surface area contributed by atoms with E-state index in [1.807, 2.05) is 0 Å². The third-order valence-electron chi connectivity index (χ3n) is 3.54. The van der Waals surface area contributed by atoms with Gasteiger partial charge in [-0.3, -0.25) is 9.10 Å². The van der Waals surface area contributed by atoms with E-state index in [1.165, 1.54) is 12.1 Å². The van der Waals surface area contributed by atoms with E-state index >= 15 is 0 Å². The lowest BCUT2D eigenvalue weighted by molar-refractivity contribution is -0.119. The van der Waals surface area contributed by atoms with Crippen LogP contribution in [0.15, 0.2) is 48.5 Å². The van der Waals surface area contributed by atoms with Crippen LogP contribution in [-0.4, -0.2) is 47.4 Å². The van der Waals surface area contributed by atoms with Crippen molar-refractivity contribution in [1.82, 2.24) is 5.32 Å². The first-order chi connectivity index (χ1) is 12.8. The minimum absolute atomic E-state index is 0.192. The largest absolute Gasteiger partial charge is 0.497 e. The van der Waals surface area contributed by atoms with Crippen molar-refractivity contribution in [3.8, 4) is 11.5 Å². The van der Waals surface area contributed by atoms with E-state index in [0.717, 1.165) is 22.7 Å². The molecule has 27 heavy (non-hydrogen) atoms. The average Bonchev–Trinajstić information content (AvgIpc) is 2.63. The van der Waals surface area contributed by atoms with Gasteiger partial charge in [0.15, 0.2) is 0 Å². The van der Waals surface area contributed by atoms with Crippen LogP contribution in [0, 0.1) is 5.82 Å². The number of ether oxygens (including phenoxy) is 2. The van der Waals surface area contributed by atoms with Crippen molar-refractivity contribution in [2.75, 3.05) is 37.4 Å². The maximum atomic E-state index is 13.0. The summed E-state index contributed by atoms with van der Waals surface area (Å²) >= 11 is 0. The molecule has 0 aliphatic carbocycles. The van der Waals surface area contributed by atoms with Gasteiger partial charge in [-0.05, 0) is 36.4 Å². The fourth-order valence-corrected chi connectivity index (χ4v) is 3.10. The predicted molar refractivity (Wildman–Crippen MR) is 100 cm³/mol. The van der Waals surface area contributed by atoms with Gasteiger partial charge in [-0.1, -0.05) is 6.07 Å². The number of anilines is 1. The lowest BCUT2D eigenvalue weighted by Gasteiger charge is -2.21. The highest BCUT2D eigenvalue weighted by Crippen LogP contribution is 2.19. The highest BCUT2D eigenvalue weighted by Gasteiger charge is 2.20. The number of methoxy groups -OCH3 is 1. The third-order valence-corrected chi connectivity index (χ3v) is 4.68. The highest BCUT2D eigenvalue weighted by atomic mass is 32.2. The zero-order valence-corrected chi connectivity index (χ0v) is 15.8. The number of halogens is 1. The Bertz CT molecular complexity index is 872. The van der Waals surface area contributed by atoms with Gasteiger partial charge in [0.1, 0.15) is 30.5 Å². The Morgan fingerprint density at radius 2 is 1.81 bits per heavy atom. The standard InChI is InChI=1S/C18H21FN2O5S/c1-25-16-4-3-5-17(12-16)26-11-10-20-18(22)13-21(27(2,23)24)15-8-6-14(19)7-9-15/h3-9,12H,10-11,13H2,1-2H3,(H,20,22). The Hall–Kier alpha value is -2.81. The van der Waals surface area contributed by atoms with Gasteiger partial charge in [0, 0.05) is 6.07 Å². The fraction of sp³-hybridized carbons (Fsp3) is 0.278. The molecule has 0 aliphatic heterocycles. The molecule has 0 fully saturated rings. The second kappa shape index (κ2) is 9.22. The molecule has 2 aromatic rings. The number of hydrogen-bond acceptors (Lipinski definition) is 5. The van der Waals surface area contributed by atoms with Crippen molar-refractivity contribution in [1.29, 1.82) is 0 Å². The molecule has 1 N–H and O–H groups in total. The zero-order chi connectivity index (χ0) is 19.9. The Balaban J connectivity index is 1.87. The van der Waals surface area contributed by atoms with Crippen LogP contribution in [0.2, 0.25) is 0 Å². The molecule has 0 spiro atoms. The first kappa shape index (κ1) is 20.5. The molecule has 0 aliphatic rings. The summed E-state index contributed by atoms with van der Waals surface area (Å²) in [6, 6.07) is 11.9. The number of rotatable bonds is 9. The molecule has 0 aromatic heterocycles. The van der Waals surface area contributed by atoms with Gasteiger partial charge in [-0.15, -0.1) is 0 Å². The van der Waals surface area contributed by atoms with Crippen LogP contribution in [0.3, 0.4) is 0 Å². The summed E-state index contributed by atoms with van der Waals surface area (Å²) in [7, 11) is -2.15. The summed E-state index contributed by atoms with van der Waals surface area (Å²) in [5, 5.41) is 2.59. The number of nitrogens with one attached hydrogen (secondary N) is 1. The summed E-state index contributed by atoms with van der Waals surface area (Å²) in [4.78, 5) is 12.1. The molecule has 0 radical (unpaired) electrons. The Labute approximate surface area is 157 Å². The molecule has 0 saturated heterocycles. The summed E-state index contributed by atoms with van der Waals surface area (Å²) < 4.78 is 48.4. The van der Waals surface area contributed by atoms with Crippen LogP contribution in [0.1, 0.15) is 0 Å². The van der Waals surface area contributed by atoms with Gasteiger partial charge in [0.05, 0.1) is 25.6 Å². The van der Waals surface area contributed by atoms with Crippen molar-refractivity contribution >= 4 is 21.6 Å². The third kappa shape index (κ3) is 6.45. The molecule has 146 valence electrons.